The Bertz CT molecular complexity index is 473. The summed E-state index contributed by atoms with van der Waals surface area (Å²) in [5.74, 6) is -0.685. The topological polar surface area (TPSA) is 41.1 Å². The van der Waals surface area contributed by atoms with Crippen LogP contribution >= 0.6 is 11.6 Å². The van der Waals surface area contributed by atoms with E-state index in [1.165, 1.54) is 12.1 Å². The summed E-state index contributed by atoms with van der Waals surface area (Å²) in [4.78, 5) is 12.4. The molecule has 2 N–H and O–H groups in total. The van der Waals surface area contributed by atoms with Gasteiger partial charge in [-0.3, -0.25) is 4.79 Å². The second-order valence-corrected chi connectivity index (χ2v) is 5.35. The number of anilines is 1. The summed E-state index contributed by atoms with van der Waals surface area (Å²) in [5, 5.41) is 5.95. The van der Waals surface area contributed by atoms with Gasteiger partial charge in [-0.15, -0.1) is 0 Å². The first-order chi connectivity index (χ1) is 9.09. The Balaban J connectivity index is 2.17. The molecule has 1 aliphatic heterocycles. The van der Waals surface area contributed by atoms with Crippen molar-refractivity contribution in [3.05, 3.63) is 29.0 Å². The Morgan fingerprint density at radius 2 is 2.16 bits per heavy atom. The van der Waals surface area contributed by atoms with Crippen LogP contribution in [0.4, 0.5) is 10.1 Å². The summed E-state index contributed by atoms with van der Waals surface area (Å²) < 4.78 is 13.8. The molecule has 104 valence electrons. The maximum atomic E-state index is 13.8. The first kappa shape index (κ1) is 14.3. The van der Waals surface area contributed by atoms with Crippen molar-refractivity contribution in [2.75, 3.05) is 18.4 Å². The Labute approximate surface area is 117 Å². The SMILES string of the molecule is CCC1(C(=O)Nc2cccc(Cl)c2F)CCNCC1. The lowest BCUT2D eigenvalue weighted by Gasteiger charge is -2.35. The van der Waals surface area contributed by atoms with E-state index >= 15 is 0 Å². The first-order valence-electron chi connectivity index (χ1n) is 6.55. The molecule has 0 unspecified atom stereocenters. The van der Waals surface area contributed by atoms with Crippen LogP contribution < -0.4 is 10.6 Å². The lowest BCUT2D eigenvalue weighted by molar-refractivity contribution is -0.127. The summed E-state index contributed by atoms with van der Waals surface area (Å²) in [6, 6.07) is 4.62. The maximum Gasteiger partial charge on any atom is 0.230 e. The fourth-order valence-electron chi connectivity index (χ4n) is 2.50. The number of halogens is 2. The van der Waals surface area contributed by atoms with Crippen LogP contribution in [0, 0.1) is 11.2 Å². The Kier molecular flexibility index (Phi) is 4.42. The summed E-state index contributed by atoms with van der Waals surface area (Å²) >= 11 is 5.72. The van der Waals surface area contributed by atoms with Crippen LogP contribution in [-0.4, -0.2) is 19.0 Å². The third-order valence-corrected chi connectivity index (χ3v) is 4.21. The van der Waals surface area contributed by atoms with Gasteiger partial charge in [-0.1, -0.05) is 24.6 Å². The molecule has 19 heavy (non-hydrogen) atoms. The van der Waals surface area contributed by atoms with E-state index in [0.29, 0.717) is 0 Å². The quantitative estimate of drug-likeness (QED) is 0.895. The zero-order valence-electron chi connectivity index (χ0n) is 10.9. The van der Waals surface area contributed by atoms with Crippen LogP contribution in [0.15, 0.2) is 18.2 Å². The first-order valence-corrected chi connectivity index (χ1v) is 6.93. The molecule has 5 heteroatoms. The van der Waals surface area contributed by atoms with Gasteiger partial charge in [0, 0.05) is 0 Å². The Hall–Kier alpha value is -1.13. The Morgan fingerprint density at radius 1 is 1.47 bits per heavy atom. The minimum Gasteiger partial charge on any atom is -0.323 e. The van der Waals surface area contributed by atoms with Crippen molar-refractivity contribution in [3.8, 4) is 0 Å². The minimum atomic E-state index is -0.572. The van der Waals surface area contributed by atoms with E-state index in [-0.39, 0.29) is 16.6 Å². The van der Waals surface area contributed by atoms with Crippen LogP contribution in [-0.2, 0) is 4.79 Å². The zero-order valence-corrected chi connectivity index (χ0v) is 11.7. The molecule has 1 fully saturated rings. The number of nitrogens with one attached hydrogen (secondary N) is 2. The number of carbonyl (C=O) groups is 1. The third kappa shape index (κ3) is 2.90. The largest absolute Gasteiger partial charge is 0.323 e. The molecule has 2 rings (SSSR count). The molecule has 0 aromatic heterocycles. The lowest BCUT2D eigenvalue weighted by atomic mass is 9.76. The standard InChI is InChI=1S/C14H18ClFN2O/c1-2-14(6-8-17-9-7-14)13(19)18-11-5-3-4-10(15)12(11)16/h3-5,17H,2,6-9H2,1H3,(H,18,19). The number of benzene rings is 1. The number of hydrogen-bond donors (Lipinski definition) is 2. The van der Waals surface area contributed by atoms with E-state index in [1.54, 1.807) is 6.07 Å². The van der Waals surface area contributed by atoms with E-state index in [1.807, 2.05) is 6.92 Å². The minimum absolute atomic E-state index is 0.0219. The van der Waals surface area contributed by atoms with Gasteiger partial charge in [-0.25, -0.2) is 4.39 Å². The van der Waals surface area contributed by atoms with Gasteiger partial charge < -0.3 is 10.6 Å². The number of rotatable bonds is 3. The molecule has 1 heterocycles. The van der Waals surface area contributed by atoms with Crippen LogP contribution in [0.25, 0.3) is 0 Å². The molecule has 0 spiro atoms. The van der Waals surface area contributed by atoms with Gasteiger partial charge in [0.25, 0.3) is 0 Å². The fraction of sp³-hybridized carbons (Fsp3) is 0.500. The summed E-state index contributed by atoms with van der Waals surface area (Å²) in [7, 11) is 0. The van der Waals surface area contributed by atoms with E-state index < -0.39 is 11.2 Å². The molecule has 0 aliphatic carbocycles. The van der Waals surface area contributed by atoms with Crippen molar-refractivity contribution in [1.29, 1.82) is 0 Å². The van der Waals surface area contributed by atoms with Crippen LogP contribution in [0.5, 0.6) is 0 Å². The van der Waals surface area contributed by atoms with Crippen molar-refractivity contribution >= 4 is 23.2 Å². The van der Waals surface area contributed by atoms with Crippen molar-refractivity contribution in [3.63, 3.8) is 0 Å². The van der Waals surface area contributed by atoms with Crippen LogP contribution in [0.3, 0.4) is 0 Å². The molecule has 0 atom stereocenters. The average Bonchev–Trinajstić information content (AvgIpc) is 2.44. The predicted octanol–water partition coefficient (Wildman–Crippen LogP) is 3.20. The summed E-state index contributed by atoms with van der Waals surface area (Å²) in [6.45, 7) is 3.64. The molecule has 0 radical (unpaired) electrons. The maximum absolute atomic E-state index is 13.8. The second kappa shape index (κ2) is 5.88. The highest BCUT2D eigenvalue weighted by atomic mass is 35.5. The van der Waals surface area contributed by atoms with Gasteiger partial charge in [0.15, 0.2) is 5.82 Å². The van der Waals surface area contributed by atoms with Crippen LogP contribution in [0.1, 0.15) is 26.2 Å². The highest BCUT2D eigenvalue weighted by Gasteiger charge is 2.38. The number of piperidine rings is 1. The normalized spacial score (nSPS) is 18.1. The number of hydrogen-bond acceptors (Lipinski definition) is 2. The molecule has 1 saturated heterocycles. The predicted molar refractivity (Wildman–Crippen MR) is 74.9 cm³/mol. The number of carbonyl (C=O) groups excluding carboxylic acids is 1. The smallest absolute Gasteiger partial charge is 0.230 e. The van der Waals surface area contributed by atoms with Gasteiger partial charge in [0.1, 0.15) is 0 Å². The van der Waals surface area contributed by atoms with E-state index in [0.717, 1.165) is 32.4 Å². The van der Waals surface area contributed by atoms with Crippen molar-refractivity contribution in [1.82, 2.24) is 5.32 Å². The highest BCUT2D eigenvalue weighted by Crippen LogP contribution is 2.34. The van der Waals surface area contributed by atoms with Gasteiger partial charge in [0.2, 0.25) is 5.91 Å². The molecule has 3 nitrogen and oxygen atoms in total. The zero-order chi connectivity index (χ0) is 13.9. The third-order valence-electron chi connectivity index (χ3n) is 3.92. The average molecular weight is 285 g/mol. The molecule has 0 bridgehead atoms. The van der Waals surface area contributed by atoms with Gasteiger partial charge in [0.05, 0.1) is 16.1 Å². The van der Waals surface area contributed by atoms with Gasteiger partial charge in [-0.05, 0) is 44.5 Å². The monoisotopic (exact) mass is 284 g/mol. The van der Waals surface area contributed by atoms with Crippen molar-refractivity contribution < 1.29 is 9.18 Å². The Morgan fingerprint density at radius 3 is 2.79 bits per heavy atom. The molecule has 1 aromatic rings. The molecule has 1 aliphatic rings. The fourth-order valence-corrected chi connectivity index (χ4v) is 2.68. The molecular formula is C14H18ClFN2O. The molecular weight excluding hydrogens is 267 g/mol. The highest BCUT2D eigenvalue weighted by molar-refractivity contribution is 6.31. The molecule has 0 saturated carbocycles. The van der Waals surface area contributed by atoms with Crippen molar-refractivity contribution in [2.24, 2.45) is 5.41 Å². The van der Waals surface area contributed by atoms with Crippen LogP contribution in [0.2, 0.25) is 5.02 Å². The van der Waals surface area contributed by atoms with E-state index in [2.05, 4.69) is 10.6 Å². The van der Waals surface area contributed by atoms with Gasteiger partial charge in [-0.2, -0.15) is 0 Å². The van der Waals surface area contributed by atoms with Gasteiger partial charge >= 0.3 is 0 Å². The summed E-state index contributed by atoms with van der Waals surface area (Å²) in [5.41, 5.74) is -0.246. The second-order valence-electron chi connectivity index (χ2n) is 4.94. The lowest BCUT2D eigenvalue weighted by Crippen LogP contribution is -2.44. The number of amides is 1. The van der Waals surface area contributed by atoms with Crippen molar-refractivity contribution in [2.45, 2.75) is 26.2 Å². The van der Waals surface area contributed by atoms with E-state index in [4.69, 9.17) is 11.6 Å². The summed E-state index contributed by atoms with van der Waals surface area (Å²) in [6.07, 6.45) is 2.30. The molecule has 1 aromatic carbocycles. The van der Waals surface area contributed by atoms with E-state index in [9.17, 15) is 9.18 Å². The molecule has 1 amide bonds.